The third-order valence-electron chi connectivity index (χ3n) is 10.7. The van der Waals surface area contributed by atoms with Crippen molar-refractivity contribution >= 4 is 23.3 Å². The highest BCUT2D eigenvalue weighted by Gasteiger charge is 2.72. The number of aliphatic hydroxyl groups is 3. The Morgan fingerprint density at radius 1 is 0.878 bits per heavy atom. The molecule has 2 fully saturated rings. The number of fused-ring (bicyclic) bond motifs is 5. The van der Waals surface area contributed by atoms with E-state index in [1.807, 2.05) is 0 Å². The first-order chi connectivity index (χ1) is 23.4. The van der Waals surface area contributed by atoms with Gasteiger partial charge in [0.2, 0.25) is 19.5 Å². The van der Waals surface area contributed by atoms with Gasteiger partial charge in [0, 0.05) is 29.0 Å². The predicted octanol–water partition coefficient (Wildman–Crippen LogP) is 0.421. The molecule has 8 atom stereocenters. The maximum absolute atomic E-state index is 14.7. The Hall–Kier alpha value is -5.02. The fraction of sp³-hybridized carbons (Fsp3) is 0.371. The monoisotopic (exact) mass is 672 g/mol. The number of rotatable bonds is 4. The molecule has 0 spiro atoms. The number of benzene rings is 3. The van der Waals surface area contributed by atoms with Crippen molar-refractivity contribution in [2.75, 3.05) is 27.7 Å². The molecule has 49 heavy (non-hydrogen) atoms. The van der Waals surface area contributed by atoms with Gasteiger partial charge in [-0.3, -0.25) is 19.2 Å². The summed E-state index contributed by atoms with van der Waals surface area (Å²) >= 11 is 0. The first-order valence-corrected chi connectivity index (χ1v) is 15.7. The highest BCUT2D eigenvalue weighted by Crippen LogP contribution is 2.55. The van der Waals surface area contributed by atoms with E-state index < -0.39 is 76.5 Å². The molecule has 3 aromatic carbocycles. The van der Waals surface area contributed by atoms with Crippen LogP contribution in [0.15, 0.2) is 42.5 Å². The van der Waals surface area contributed by atoms with E-state index in [-0.39, 0.29) is 31.1 Å². The van der Waals surface area contributed by atoms with Crippen LogP contribution in [0.1, 0.15) is 15.9 Å². The number of aliphatic hydroxyl groups excluding tert-OH is 2. The average molecular weight is 673 g/mol. The van der Waals surface area contributed by atoms with Crippen LogP contribution >= 0.6 is 0 Å². The van der Waals surface area contributed by atoms with Gasteiger partial charge in [-0.1, -0.05) is 18.2 Å². The minimum Gasteiger partial charge on any atom is -0.507 e. The normalized spacial score (nSPS) is 31.0. The van der Waals surface area contributed by atoms with Crippen LogP contribution in [0.3, 0.4) is 0 Å². The number of phenols is 1. The minimum absolute atomic E-state index is 0.0142. The molecule has 0 bridgehead atoms. The second-order valence-electron chi connectivity index (χ2n) is 13.3. The number of phenolic OH excluding ortho intramolecular Hbond substituents is 1. The number of hydrogen-bond acceptors (Lipinski definition) is 13. The van der Waals surface area contributed by atoms with Crippen molar-refractivity contribution < 1.29 is 58.6 Å². The fourth-order valence-corrected chi connectivity index (χ4v) is 8.57. The summed E-state index contributed by atoms with van der Waals surface area (Å²) in [6, 6.07) is 10.6. The first kappa shape index (κ1) is 31.3. The molecular weight excluding hydrogens is 640 g/mol. The summed E-state index contributed by atoms with van der Waals surface area (Å²) in [5.74, 6) is -10.1. The van der Waals surface area contributed by atoms with Gasteiger partial charge in [0.15, 0.2) is 45.9 Å². The largest absolute Gasteiger partial charge is 0.507 e. The molecule has 0 radical (unpaired) electrons. The van der Waals surface area contributed by atoms with Crippen LogP contribution in [-0.2, 0) is 20.8 Å². The lowest BCUT2D eigenvalue weighted by atomic mass is 9.50. The number of Topliss-reactive ketones (excluding diaryl/α,β-unsaturated/α-hetero) is 3. The smallest absolute Gasteiger partial charge is 0.231 e. The van der Waals surface area contributed by atoms with Gasteiger partial charge in [-0.05, 0) is 61.5 Å². The maximum Gasteiger partial charge on any atom is 0.231 e. The highest BCUT2D eigenvalue weighted by molar-refractivity contribution is 6.26. The van der Waals surface area contributed by atoms with Crippen molar-refractivity contribution in [3.8, 4) is 51.0 Å². The Labute approximate surface area is 278 Å². The van der Waals surface area contributed by atoms with E-state index in [1.54, 1.807) is 42.5 Å². The summed E-state index contributed by atoms with van der Waals surface area (Å²) < 4.78 is 22.3. The number of primary amides is 1. The first-order valence-electron chi connectivity index (χ1n) is 15.7. The molecule has 14 nitrogen and oxygen atoms in total. The van der Waals surface area contributed by atoms with E-state index in [9.17, 15) is 39.6 Å². The van der Waals surface area contributed by atoms with Gasteiger partial charge >= 0.3 is 0 Å². The topological polar surface area (TPSA) is 215 Å². The molecule has 0 aromatic heterocycles. The zero-order valence-corrected chi connectivity index (χ0v) is 26.3. The zero-order valence-electron chi connectivity index (χ0n) is 26.3. The number of nitrogens with two attached hydrogens (primary N) is 1. The van der Waals surface area contributed by atoms with Gasteiger partial charge in [-0.15, -0.1) is 0 Å². The van der Waals surface area contributed by atoms with Crippen LogP contribution in [-0.4, -0.2) is 100 Å². The second-order valence-corrected chi connectivity index (χ2v) is 13.3. The number of aromatic hydroxyl groups is 1. The quantitative estimate of drug-likeness (QED) is 0.238. The van der Waals surface area contributed by atoms with Crippen LogP contribution < -0.4 is 24.7 Å². The van der Waals surface area contributed by atoms with Crippen molar-refractivity contribution in [3.05, 3.63) is 53.6 Å². The standard InChI is InChI=1S/C35H32N2O12/c1-37(2)26-25-28(39)18-10-16-15(13-6-7-19-21(8-13)48-11-46-19)9-17(14-4-3-5-20-31(14)49-12-47-20)27(38)22(16)29(40)23(18)32(42)35(25,45)33(43)24(30(26)41)34(36)44/h3-9,18,23-26,28,30,38-39,41,45H,10-12H2,1-2H3,(H2,36,44)/t18-,23?,24?,25-,26+,28+,30?,35+/m0/s1. The van der Waals surface area contributed by atoms with Gasteiger partial charge in [-0.25, -0.2) is 0 Å². The third-order valence-corrected chi connectivity index (χ3v) is 10.7. The number of ether oxygens (including phenoxy) is 4. The van der Waals surface area contributed by atoms with Crippen molar-refractivity contribution in [3.63, 3.8) is 0 Å². The average Bonchev–Trinajstić information content (AvgIpc) is 3.74. The van der Waals surface area contributed by atoms with E-state index >= 15 is 0 Å². The molecule has 14 heteroatoms. The molecule has 3 aromatic rings. The molecule has 6 N–H and O–H groups in total. The number of carbonyl (C=O) groups is 4. The second kappa shape index (κ2) is 10.7. The molecule has 254 valence electrons. The van der Waals surface area contributed by atoms with Gasteiger partial charge in [0.05, 0.1) is 23.7 Å². The predicted molar refractivity (Wildman–Crippen MR) is 167 cm³/mol. The Bertz CT molecular complexity index is 1990. The lowest BCUT2D eigenvalue weighted by molar-refractivity contribution is -0.207. The highest BCUT2D eigenvalue weighted by atomic mass is 16.7. The Balaban J connectivity index is 1.35. The molecule has 3 aliphatic carbocycles. The van der Waals surface area contributed by atoms with Gasteiger partial charge < -0.3 is 50.0 Å². The van der Waals surface area contributed by atoms with E-state index in [2.05, 4.69) is 0 Å². The summed E-state index contributed by atoms with van der Waals surface area (Å²) in [5, 5.41) is 47.1. The fourth-order valence-electron chi connectivity index (χ4n) is 8.57. The lowest BCUT2D eigenvalue weighted by Gasteiger charge is -2.56. The van der Waals surface area contributed by atoms with E-state index in [4.69, 9.17) is 24.7 Å². The molecule has 2 aliphatic heterocycles. The van der Waals surface area contributed by atoms with Crippen molar-refractivity contribution in [1.82, 2.24) is 4.90 Å². The maximum atomic E-state index is 14.7. The van der Waals surface area contributed by atoms with Crippen LogP contribution in [0.5, 0.6) is 28.7 Å². The molecular formula is C35H32N2O12. The van der Waals surface area contributed by atoms with Crippen LogP contribution in [0, 0.1) is 23.7 Å². The summed E-state index contributed by atoms with van der Waals surface area (Å²) in [6.07, 6.45) is -3.59. The number of hydrogen-bond donors (Lipinski definition) is 5. The number of nitrogens with zero attached hydrogens (tertiary/aromatic N) is 1. The molecule has 8 rings (SSSR count). The summed E-state index contributed by atoms with van der Waals surface area (Å²) in [5.41, 5.74) is 4.14. The number of ketones is 3. The van der Waals surface area contributed by atoms with Crippen molar-refractivity contribution in [1.29, 1.82) is 0 Å². The van der Waals surface area contributed by atoms with Gasteiger partial charge in [0.25, 0.3) is 0 Å². The molecule has 1 amide bonds. The summed E-state index contributed by atoms with van der Waals surface area (Å²) in [4.78, 5) is 56.7. The Kier molecular flexibility index (Phi) is 6.85. The molecule has 3 unspecified atom stereocenters. The van der Waals surface area contributed by atoms with Crippen molar-refractivity contribution in [2.24, 2.45) is 29.4 Å². The summed E-state index contributed by atoms with van der Waals surface area (Å²) in [7, 11) is 3.00. The van der Waals surface area contributed by atoms with Crippen LogP contribution in [0.25, 0.3) is 22.3 Å². The molecule has 0 saturated heterocycles. The van der Waals surface area contributed by atoms with Gasteiger partial charge in [-0.2, -0.15) is 0 Å². The zero-order chi connectivity index (χ0) is 34.7. The summed E-state index contributed by atoms with van der Waals surface area (Å²) in [6.45, 7) is -0.0505. The molecule has 5 aliphatic rings. The Morgan fingerprint density at radius 2 is 1.59 bits per heavy atom. The number of para-hydroxylation sites is 1. The number of carbonyl (C=O) groups excluding carboxylic acids is 4. The van der Waals surface area contributed by atoms with E-state index in [0.717, 1.165) is 0 Å². The SMILES string of the molecule is CN(C)[C@H]1C(O)C(C(N)=O)C(=O)[C@]2(O)C(=O)C3C(=O)c4c(O)c(-c5cccc6c5OCO6)cc(-c5ccc6c(c5)OCO6)c4C[C@@H]3[C@@H](O)[C@H]12. The number of likely N-dealkylation sites (N-methyl/N-ethyl adjacent to an activating group) is 1. The van der Waals surface area contributed by atoms with Crippen LogP contribution in [0.2, 0.25) is 0 Å². The van der Waals surface area contributed by atoms with E-state index in [1.165, 1.54) is 19.0 Å². The van der Waals surface area contributed by atoms with Gasteiger partial charge in [0.1, 0.15) is 11.7 Å². The Morgan fingerprint density at radius 3 is 2.33 bits per heavy atom. The van der Waals surface area contributed by atoms with E-state index in [0.29, 0.717) is 45.3 Å². The van der Waals surface area contributed by atoms with Crippen molar-refractivity contribution in [2.45, 2.75) is 30.3 Å². The molecule has 2 heterocycles. The van der Waals surface area contributed by atoms with Crippen LogP contribution in [0.4, 0.5) is 0 Å². The minimum atomic E-state index is -3.04. The third kappa shape index (κ3) is 4.14. The number of amides is 1. The molecule has 2 saturated carbocycles. The lowest BCUT2D eigenvalue weighted by Crippen LogP contribution is -2.78.